The smallest absolute Gasteiger partial charge is 0.279 e. The second-order valence-electron chi connectivity index (χ2n) is 6.15. The minimum absolute atomic E-state index is 0.0524. The summed E-state index contributed by atoms with van der Waals surface area (Å²) in [6.07, 6.45) is 1.61. The molecule has 0 bridgehead atoms. The molecule has 0 amide bonds. The predicted molar refractivity (Wildman–Crippen MR) is 92.9 cm³/mol. The van der Waals surface area contributed by atoms with E-state index >= 15 is 0 Å². The van der Waals surface area contributed by atoms with Crippen molar-refractivity contribution < 1.29 is 8.42 Å². The SMILES string of the molecule is CCn1c(C2CCCN(S(=O)(=O)c3cc(C)cs3)C2)nn(C)c1=O. The first-order valence-electron chi connectivity index (χ1n) is 8.03. The summed E-state index contributed by atoms with van der Waals surface area (Å²) in [5, 5.41) is 6.20. The topological polar surface area (TPSA) is 77.2 Å². The summed E-state index contributed by atoms with van der Waals surface area (Å²) >= 11 is 1.26. The highest BCUT2D eigenvalue weighted by Crippen LogP contribution is 2.31. The van der Waals surface area contributed by atoms with Crippen molar-refractivity contribution in [3.63, 3.8) is 0 Å². The van der Waals surface area contributed by atoms with E-state index in [2.05, 4.69) is 5.10 Å². The van der Waals surface area contributed by atoms with Gasteiger partial charge in [-0.25, -0.2) is 17.9 Å². The highest BCUT2D eigenvalue weighted by atomic mass is 32.2. The van der Waals surface area contributed by atoms with Crippen molar-refractivity contribution in [2.24, 2.45) is 7.05 Å². The zero-order valence-corrected chi connectivity index (χ0v) is 15.7. The van der Waals surface area contributed by atoms with Crippen LogP contribution in [0.15, 0.2) is 20.5 Å². The van der Waals surface area contributed by atoms with Crippen molar-refractivity contribution in [1.29, 1.82) is 0 Å². The summed E-state index contributed by atoms with van der Waals surface area (Å²) < 4.78 is 30.6. The zero-order chi connectivity index (χ0) is 17.5. The normalized spacial score (nSPS) is 19.7. The summed E-state index contributed by atoms with van der Waals surface area (Å²) in [5.74, 6) is 0.635. The molecule has 7 nitrogen and oxygen atoms in total. The molecule has 2 aromatic rings. The molecular formula is C15H22N4O3S2. The lowest BCUT2D eigenvalue weighted by molar-refractivity contribution is 0.304. The van der Waals surface area contributed by atoms with Gasteiger partial charge in [-0.2, -0.15) is 9.40 Å². The average molecular weight is 371 g/mol. The maximum absolute atomic E-state index is 12.8. The maximum Gasteiger partial charge on any atom is 0.345 e. The average Bonchev–Trinajstić information content (AvgIpc) is 3.12. The second kappa shape index (κ2) is 6.45. The first kappa shape index (κ1) is 17.4. The molecule has 9 heteroatoms. The molecule has 0 N–H and O–H groups in total. The van der Waals surface area contributed by atoms with E-state index in [0.717, 1.165) is 18.4 Å². The predicted octanol–water partition coefficient (Wildman–Crippen LogP) is 1.54. The molecule has 1 fully saturated rings. The lowest BCUT2D eigenvalue weighted by atomic mass is 9.99. The van der Waals surface area contributed by atoms with E-state index in [1.165, 1.54) is 20.3 Å². The number of rotatable bonds is 4. The molecule has 0 spiro atoms. The van der Waals surface area contributed by atoms with Crippen LogP contribution in [0.25, 0.3) is 0 Å². The Labute approximate surface area is 145 Å². The van der Waals surface area contributed by atoms with Gasteiger partial charge in [-0.05, 0) is 43.7 Å². The number of piperidine rings is 1. The van der Waals surface area contributed by atoms with Gasteiger partial charge in [0.05, 0.1) is 0 Å². The number of sulfonamides is 1. The third-order valence-corrected chi connectivity index (χ3v) is 7.80. The van der Waals surface area contributed by atoms with Crippen molar-refractivity contribution in [2.45, 2.75) is 43.4 Å². The molecular weight excluding hydrogens is 348 g/mol. The van der Waals surface area contributed by atoms with Gasteiger partial charge in [-0.15, -0.1) is 11.3 Å². The van der Waals surface area contributed by atoms with Gasteiger partial charge >= 0.3 is 5.69 Å². The maximum atomic E-state index is 12.8. The van der Waals surface area contributed by atoms with Crippen LogP contribution in [-0.2, 0) is 23.6 Å². The number of aryl methyl sites for hydroxylation is 2. The number of aromatic nitrogens is 3. The fourth-order valence-electron chi connectivity index (χ4n) is 3.16. The van der Waals surface area contributed by atoms with E-state index in [0.29, 0.717) is 29.7 Å². The zero-order valence-electron chi connectivity index (χ0n) is 14.1. The molecule has 1 unspecified atom stereocenters. The van der Waals surface area contributed by atoms with E-state index in [-0.39, 0.29) is 11.6 Å². The molecule has 2 aromatic heterocycles. The standard InChI is InChI=1S/C15H22N4O3S2/c1-4-19-14(16-17(3)15(19)20)12-6-5-7-18(9-12)24(21,22)13-8-11(2)10-23-13/h8,10,12H,4-7,9H2,1-3H3. The van der Waals surface area contributed by atoms with E-state index in [1.807, 2.05) is 19.2 Å². The number of nitrogens with zero attached hydrogens (tertiary/aromatic N) is 4. The second-order valence-corrected chi connectivity index (χ2v) is 9.23. The molecule has 0 aliphatic carbocycles. The van der Waals surface area contributed by atoms with Crippen molar-refractivity contribution in [3.05, 3.63) is 33.3 Å². The van der Waals surface area contributed by atoms with E-state index < -0.39 is 10.0 Å². The van der Waals surface area contributed by atoms with Crippen molar-refractivity contribution >= 4 is 21.4 Å². The van der Waals surface area contributed by atoms with Crippen LogP contribution in [0, 0.1) is 6.92 Å². The van der Waals surface area contributed by atoms with Crippen LogP contribution in [-0.4, -0.2) is 40.2 Å². The quantitative estimate of drug-likeness (QED) is 0.818. The third kappa shape index (κ3) is 2.96. The summed E-state index contributed by atoms with van der Waals surface area (Å²) in [5.41, 5.74) is 0.804. The van der Waals surface area contributed by atoms with Crippen LogP contribution in [0.4, 0.5) is 0 Å². The number of hydrogen-bond acceptors (Lipinski definition) is 5. The van der Waals surface area contributed by atoms with Crippen LogP contribution in [0.5, 0.6) is 0 Å². The summed E-state index contributed by atoms with van der Waals surface area (Å²) in [6, 6.07) is 1.71. The van der Waals surface area contributed by atoms with Gasteiger partial charge < -0.3 is 0 Å². The van der Waals surface area contributed by atoms with E-state index in [1.54, 1.807) is 17.7 Å². The highest BCUT2D eigenvalue weighted by molar-refractivity contribution is 7.91. The lowest BCUT2D eigenvalue weighted by Crippen LogP contribution is -2.39. The van der Waals surface area contributed by atoms with Crippen LogP contribution in [0.1, 0.15) is 37.1 Å². The van der Waals surface area contributed by atoms with Crippen LogP contribution < -0.4 is 5.69 Å². The first-order chi connectivity index (χ1) is 11.3. The molecule has 0 aromatic carbocycles. The largest absolute Gasteiger partial charge is 0.345 e. The number of hydrogen-bond donors (Lipinski definition) is 0. The fourth-order valence-corrected chi connectivity index (χ4v) is 6.07. The molecule has 3 rings (SSSR count). The Bertz CT molecular complexity index is 894. The molecule has 0 saturated carbocycles. The third-order valence-electron chi connectivity index (χ3n) is 4.40. The molecule has 3 heterocycles. The molecule has 132 valence electrons. The number of thiophene rings is 1. The lowest BCUT2D eigenvalue weighted by Gasteiger charge is -2.31. The van der Waals surface area contributed by atoms with Crippen LogP contribution in [0.2, 0.25) is 0 Å². The minimum atomic E-state index is -3.48. The Balaban J connectivity index is 1.90. The van der Waals surface area contributed by atoms with Crippen molar-refractivity contribution in [3.8, 4) is 0 Å². The van der Waals surface area contributed by atoms with Gasteiger partial charge in [0, 0.05) is 32.6 Å². The Morgan fingerprint density at radius 3 is 2.79 bits per heavy atom. The summed E-state index contributed by atoms with van der Waals surface area (Å²) in [7, 11) is -1.85. The van der Waals surface area contributed by atoms with Gasteiger partial charge in [0.2, 0.25) is 0 Å². The van der Waals surface area contributed by atoms with Gasteiger partial charge in [-0.3, -0.25) is 4.57 Å². The molecule has 24 heavy (non-hydrogen) atoms. The van der Waals surface area contributed by atoms with Crippen molar-refractivity contribution in [1.82, 2.24) is 18.7 Å². The van der Waals surface area contributed by atoms with Gasteiger partial charge in [0.1, 0.15) is 10.0 Å². The Morgan fingerprint density at radius 2 is 2.17 bits per heavy atom. The summed E-state index contributed by atoms with van der Waals surface area (Å²) in [6.45, 7) is 5.21. The highest BCUT2D eigenvalue weighted by Gasteiger charge is 2.34. The van der Waals surface area contributed by atoms with Gasteiger partial charge in [0.25, 0.3) is 10.0 Å². The molecule has 1 saturated heterocycles. The van der Waals surface area contributed by atoms with E-state index in [9.17, 15) is 13.2 Å². The fraction of sp³-hybridized carbons (Fsp3) is 0.600. The van der Waals surface area contributed by atoms with Crippen molar-refractivity contribution in [2.75, 3.05) is 13.1 Å². The monoisotopic (exact) mass is 370 g/mol. The summed E-state index contributed by atoms with van der Waals surface area (Å²) in [4.78, 5) is 12.1. The van der Waals surface area contributed by atoms with Crippen LogP contribution >= 0.6 is 11.3 Å². The Morgan fingerprint density at radius 1 is 1.42 bits per heavy atom. The van der Waals surface area contributed by atoms with Gasteiger partial charge in [0.15, 0.2) is 0 Å². The molecule has 1 aliphatic heterocycles. The van der Waals surface area contributed by atoms with Crippen LogP contribution in [0.3, 0.4) is 0 Å². The molecule has 1 atom stereocenters. The molecule has 1 aliphatic rings. The van der Waals surface area contributed by atoms with Gasteiger partial charge in [-0.1, -0.05) is 0 Å². The van der Waals surface area contributed by atoms with E-state index in [4.69, 9.17) is 0 Å². The Kier molecular flexibility index (Phi) is 4.67. The first-order valence-corrected chi connectivity index (χ1v) is 10.4. The molecule has 0 radical (unpaired) electrons. The Hall–Kier alpha value is -1.45. The minimum Gasteiger partial charge on any atom is -0.279 e.